The van der Waals surface area contributed by atoms with E-state index in [2.05, 4.69) is 56.1 Å². The average Bonchev–Trinajstić information content (AvgIpc) is 0.718. The van der Waals surface area contributed by atoms with Crippen molar-refractivity contribution in [2.75, 3.05) is 32.1 Å². The third kappa shape index (κ3) is 19.7. The Morgan fingerprint density at radius 2 is 0.544 bits per heavy atom. The first-order valence-corrected chi connectivity index (χ1v) is 31.4. The molecule has 1 unspecified atom stereocenters. The summed E-state index contributed by atoms with van der Waals surface area (Å²) in [6.07, 6.45) is 21.7. The molecule has 0 heterocycles. The summed E-state index contributed by atoms with van der Waals surface area (Å²) < 4.78 is 299. The Morgan fingerprint density at radius 1 is 0.289 bits per heavy atom. The fourth-order valence-corrected chi connectivity index (χ4v) is 11.6. The highest BCUT2D eigenvalue weighted by Gasteiger charge is 2.53. The van der Waals surface area contributed by atoms with E-state index in [-0.39, 0.29) is 45.1 Å². The minimum absolute atomic E-state index is 0.0816. The minimum Gasteiger partial charge on any atom is -0.375 e. The first kappa shape index (κ1) is 76.9. The second-order valence-electron chi connectivity index (χ2n) is 23.2. The Bertz CT molecular complexity index is 2740. The molecule has 2 nitrogen and oxygen atoms in total. The van der Waals surface area contributed by atoms with Crippen molar-refractivity contribution in [2.24, 2.45) is 0 Å². The van der Waals surface area contributed by atoms with Gasteiger partial charge in [0.15, 0.2) is 93.1 Å². The molecule has 0 saturated heterocycles. The molecule has 22 heteroatoms. The van der Waals surface area contributed by atoms with Gasteiger partial charge in [-0.1, -0.05) is 199 Å². The van der Waals surface area contributed by atoms with Crippen LogP contribution in [-0.4, -0.2) is 32.1 Å². The maximum atomic E-state index is 15.7. The molecule has 90 heavy (non-hydrogen) atoms. The molecule has 0 bridgehead atoms. The minimum atomic E-state index is -4.57. The van der Waals surface area contributed by atoms with Gasteiger partial charge in [0.25, 0.3) is 0 Å². The lowest BCUT2D eigenvalue weighted by atomic mass is 9.65. The molecular formula is C68H82F20N2. The van der Waals surface area contributed by atoms with Crippen molar-refractivity contribution in [2.45, 2.75) is 218 Å². The molecule has 0 aliphatic heterocycles. The van der Waals surface area contributed by atoms with Gasteiger partial charge < -0.3 is 4.90 Å². The summed E-state index contributed by atoms with van der Waals surface area (Å²) in [5.41, 5.74) is -12.4. The predicted octanol–water partition coefficient (Wildman–Crippen LogP) is 23.3. The number of para-hydroxylation sites is 1. The maximum Gasteiger partial charge on any atom is 0.200 e. The number of hydrogen-bond acceptors (Lipinski definition) is 2. The van der Waals surface area contributed by atoms with Crippen molar-refractivity contribution in [3.05, 3.63) is 169 Å². The lowest BCUT2D eigenvalue weighted by molar-refractivity contribution is 0.207. The van der Waals surface area contributed by atoms with Crippen molar-refractivity contribution < 1.29 is 87.8 Å². The van der Waals surface area contributed by atoms with Crippen molar-refractivity contribution in [3.63, 3.8) is 0 Å². The molecule has 0 amide bonds. The Kier molecular flexibility index (Phi) is 32.9. The molecule has 0 aliphatic carbocycles. The molecule has 0 saturated carbocycles. The molecule has 5 rings (SSSR count). The van der Waals surface area contributed by atoms with Crippen LogP contribution in [-0.2, 0) is 5.41 Å². The summed E-state index contributed by atoms with van der Waals surface area (Å²) in [5.74, 6) is -56.6. The van der Waals surface area contributed by atoms with Crippen LogP contribution in [0.2, 0.25) is 0 Å². The number of halogens is 20. The fourth-order valence-electron chi connectivity index (χ4n) is 11.6. The number of unbranched alkanes of at least 4 members (excludes halogenated alkanes) is 25. The smallest absolute Gasteiger partial charge is 0.200 e. The summed E-state index contributed by atoms with van der Waals surface area (Å²) in [6.45, 7) is 5.83. The Morgan fingerprint density at radius 3 is 0.867 bits per heavy atom. The summed E-state index contributed by atoms with van der Waals surface area (Å²) in [7, 11) is 3.68. The summed E-state index contributed by atoms with van der Waals surface area (Å²) in [6, 6.07) is 9.44. The average molecular weight is 1310 g/mol. The van der Waals surface area contributed by atoms with E-state index in [1.54, 1.807) is 0 Å². The first-order chi connectivity index (χ1) is 42.9. The Hall–Kier alpha value is -5.54. The zero-order chi connectivity index (χ0) is 66.8. The van der Waals surface area contributed by atoms with Crippen molar-refractivity contribution >= 4 is 5.69 Å². The van der Waals surface area contributed by atoms with Gasteiger partial charge in [-0.25, -0.2) is 87.8 Å². The second-order valence-corrected chi connectivity index (χ2v) is 23.2. The largest absolute Gasteiger partial charge is 0.375 e. The first-order valence-electron chi connectivity index (χ1n) is 31.4. The predicted molar refractivity (Wildman–Crippen MR) is 310 cm³/mol. The zero-order valence-corrected chi connectivity index (χ0v) is 51.5. The van der Waals surface area contributed by atoms with Gasteiger partial charge in [0.05, 0.1) is 5.41 Å². The third-order valence-electron chi connectivity index (χ3n) is 16.7. The molecular weight excluding hydrogens is 1220 g/mol. The van der Waals surface area contributed by atoms with E-state index >= 15 is 35.1 Å². The lowest BCUT2D eigenvalue weighted by Gasteiger charge is -2.37. The van der Waals surface area contributed by atoms with E-state index < -0.39 is 169 Å². The summed E-state index contributed by atoms with van der Waals surface area (Å²) in [4.78, 5) is 3.86. The highest BCUT2D eigenvalue weighted by Crippen LogP contribution is 2.52. The normalized spacial score (nSPS) is 12.1. The number of hydrogen-bond donors (Lipinski definition) is 0. The van der Waals surface area contributed by atoms with Gasteiger partial charge in [0.1, 0.15) is 0 Å². The van der Waals surface area contributed by atoms with Crippen LogP contribution in [0.4, 0.5) is 93.5 Å². The van der Waals surface area contributed by atoms with E-state index in [1.807, 2.05) is 0 Å². The number of benzene rings is 5. The molecule has 0 fully saturated rings. The quantitative estimate of drug-likeness (QED) is 0.0127. The Balaban J connectivity index is 0.000000732. The third-order valence-corrected chi connectivity index (χ3v) is 16.7. The van der Waals surface area contributed by atoms with Crippen LogP contribution in [0.1, 0.15) is 235 Å². The van der Waals surface area contributed by atoms with Gasteiger partial charge in [0, 0.05) is 47.6 Å². The number of anilines is 1. The van der Waals surface area contributed by atoms with Crippen molar-refractivity contribution in [1.29, 1.82) is 0 Å². The van der Waals surface area contributed by atoms with Crippen LogP contribution in [0.3, 0.4) is 0 Å². The van der Waals surface area contributed by atoms with Gasteiger partial charge in [-0.2, -0.15) is 0 Å². The number of rotatable bonds is 39. The second kappa shape index (κ2) is 38.5. The fraction of sp³-hybridized carbons (Fsp3) is 0.559. The molecule has 0 N–H and O–H groups in total. The van der Waals surface area contributed by atoms with E-state index in [9.17, 15) is 52.7 Å². The number of nitrogens with zero attached hydrogens (tertiary/aromatic N) is 2. The topological polar surface area (TPSA) is 6.48 Å². The molecule has 0 radical (unpaired) electrons. The molecule has 504 valence electrons. The van der Waals surface area contributed by atoms with Crippen molar-refractivity contribution in [1.82, 2.24) is 4.90 Å². The van der Waals surface area contributed by atoms with Gasteiger partial charge in [-0.3, -0.25) is 4.90 Å². The van der Waals surface area contributed by atoms with Gasteiger partial charge in [-0.05, 0) is 51.4 Å². The Labute approximate surface area is 515 Å². The molecule has 5 aromatic carbocycles. The molecule has 0 spiro atoms. The maximum absolute atomic E-state index is 15.7. The zero-order valence-electron chi connectivity index (χ0n) is 51.5. The lowest BCUT2D eigenvalue weighted by Crippen LogP contribution is -2.39. The molecule has 0 aliphatic rings. The van der Waals surface area contributed by atoms with Crippen LogP contribution in [0, 0.1) is 116 Å². The van der Waals surface area contributed by atoms with Crippen LogP contribution in [0.25, 0.3) is 0 Å². The van der Waals surface area contributed by atoms with E-state index in [0.29, 0.717) is 12.8 Å². The van der Waals surface area contributed by atoms with Crippen LogP contribution in [0.15, 0.2) is 30.3 Å². The van der Waals surface area contributed by atoms with Gasteiger partial charge in [-0.15, -0.1) is 0 Å². The highest BCUT2D eigenvalue weighted by molar-refractivity contribution is 5.55. The standard InChI is InChI=1S/C49H49F20N.C19H33N/c1-3-4-5-6-7-8-11-14-17-20-23-70(2)24(25-29(50)37(58)45(66)38(59)30(25)51)21-18-15-12-9-10-13-16-19-22-49(26-31(52)39(60)46(67)40(61)32(26)53,27-33(54)41(62)47(68)42(63)34(27)55)28-35(56)43(64)48(69)44(65)36(28)57;1-3-4-5-6-7-8-9-10-11-15-18-20(2)19-16-13-12-14-17-19/h24H,3-23H2,1-2H3;12-14,16-17H,3-11,15,18H2,1-2H3. The molecule has 0 aromatic heterocycles. The summed E-state index contributed by atoms with van der Waals surface area (Å²) >= 11 is 0. The molecule has 5 aromatic rings. The molecule has 1 atom stereocenters. The van der Waals surface area contributed by atoms with E-state index in [1.165, 1.54) is 88.4 Å². The van der Waals surface area contributed by atoms with E-state index in [4.69, 9.17) is 0 Å². The monoisotopic (exact) mass is 1310 g/mol. The van der Waals surface area contributed by atoms with Gasteiger partial charge >= 0.3 is 0 Å². The van der Waals surface area contributed by atoms with Crippen molar-refractivity contribution in [3.8, 4) is 0 Å². The van der Waals surface area contributed by atoms with Crippen LogP contribution < -0.4 is 4.90 Å². The van der Waals surface area contributed by atoms with Crippen LogP contribution >= 0.6 is 0 Å². The highest BCUT2D eigenvalue weighted by atomic mass is 19.2. The van der Waals surface area contributed by atoms with Gasteiger partial charge in [0.2, 0.25) is 23.3 Å². The SMILES string of the molecule is CCCCCCCCCCCCN(C)C(CCCCCCCCCCC(c1c(F)c(F)c(F)c(F)c1F)(c1c(F)c(F)c(F)c(F)c1F)c1c(F)c(F)c(F)c(F)c1F)c1c(F)c(F)c(F)c(F)c1F.CCCCCCCCCCCCN(C)c1ccccc1. The van der Waals surface area contributed by atoms with E-state index in [0.717, 1.165) is 57.8 Å². The van der Waals surface area contributed by atoms with Crippen LogP contribution in [0.5, 0.6) is 0 Å². The summed E-state index contributed by atoms with van der Waals surface area (Å²) in [5, 5.41) is 0.